The number of phenolic OH excluding ortho intramolecular Hbond substituents is 1. The molecule has 0 fully saturated rings. The number of carboxylic acids is 1. The summed E-state index contributed by atoms with van der Waals surface area (Å²) in [5.41, 5.74) is 0.451. The number of benzene rings is 2. The van der Waals surface area contributed by atoms with Crippen LogP contribution >= 0.6 is 0 Å². The lowest BCUT2D eigenvalue weighted by atomic mass is 9.98. The second-order valence-electron chi connectivity index (χ2n) is 7.81. The van der Waals surface area contributed by atoms with Crippen molar-refractivity contribution in [3.05, 3.63) is 52.8 Å². The Labute approximate surface area is 181 Å². The zero-order chi connectivity index (χ0) is 23.0. The third-order valence-electron chi connectivity index (χ3n) is 4.76. The first-order valence-corrected chi connectivity index (χ1v) is 10.3. The predicted octanol–water partition coefficient (Wildman–Crippen LogP) is 5.39. The number of halogens is 1. The van der Waals surface area contributed by atoms with Gasteiger partial charge in [-0.1, -0.05) is 13.8 Å². The summed E-state index contributed by atoms with van der Waals surface area (Å²) in [5, 5.41) is 19.3. The van der Waals surface area contributed by atoms with Gasteiger partial charge >= 0.3 is 5.97 Å². The molecule has 0 aliphatic heterocycles. The first kappa shape index (κ1) is 24.2. The maximum absolute atomic E-state index is 13.4. The summed E-state index contributed by atoms with van der Waals surface area (Å²) in [4.78, 5) is 23.1. The molecule has 0 radical (unpaired) electrons. The van der Waals surface area contributed by atoms with Crippen LogP contribution in [0.3, 0.4) is 0 Å². The SMILES string of the molecule is Cc1c(OCCCCCOc2ccc(F)c(C(=O)O)c2)ccc(C(=O)CC(C)C)c1O. The second-order valence-corrected chi connectivity index (χ2v) is 7.81. The molecule has 0 aromatic heterocycles. The van der Waals surface area contributed by atoms with Gasteiger partial charge in [0.15, 0.2) is 5.78 Å². The summed E-state index contributed by atoms with van der Waals surface area (Å²) in [6.07, 6.45) is 2.66. The van der Waals surface area contributed by atoms with Crippen molar-refractivity contribution in [2.24, 2.45) is 5.92 Å². The molecule has 6 nitrogen and oxygen atoms in total. The van der Waals surface area contributed by atoms with Crippen LogP contribution in [0.2, 0.25) is 0 Å². The topological polar surface area (TPSA) is 93.1 Å². The fourth-order valence-electron chi connectivity index (χ4n) is 3.05. The minimum Gasteiger partial charge on any atom is -0.507 e. The van der Waals surface area contributed by atoms with Gasteiger partial charge in [0.1, 0.15) is 23.1 Å². The molecule has 31 heavy (non-hydrogen) atoms. The van der Waals surface area contributed by atoms with Crippen molar-refractivity contribution in [2.75, 3.05) is 13.2 Å². The number of unbranched alkanes of at least 4 members (excludes halogenated alkanes) is 2. The van der Waals surface area contributed by atoms with E-state index >= 15 is 0 Å². The van der Waals surface area contributed by atoms with Gasteiger partial charge in [-0.15, -0.1) is 0 Å². The second kappa shape index (κ2) is 11.3. The molecule has 0 unspecified atom stereocenters. The minimum absolute atomic E-state index is 0.0309. The van der Waals surface area contributed by atoms with Crippen LogP contribution < -0.4 is 9.47 Å². The Balaban J connectivity index is 1.74. The van der Waals surface area contributed by atoms with Gasteiger partial charge < -0.3 is 19.7 Å². The van der Waals surface area contributed by atoms with Gasteiger partial charge in [0.2, 0.25) is 0 Å². The van der Waals surface area contributed by atoms with E-state index in [1.807, 2.05) is 13.8 Å². The lowest BCUT2D eigenvalue weighted by molar-refractivity contribution is 0.0691. The van der Waals surface area contributed by atoms with Crippen molar-refractivity contribution in [3.63, 3.8) is 0 Å². The number of carbonyl (C=O) groups is 2. The normalized spacial score (nSPS) is 10.9. The molecule has 2 rings (SSSR count). The Morgan fingerprint density at radius 1 is 1.00 bits per heavy atom. The van der Waals surface area contributed by atoms with Crippen LogP contribution in [0.25, 0.3) is 0 Å². The summed E-state index contributed by atoms with van der Waals surface area (Å²) < 4.78 is 24.6. The van der Waals surface area contributed by atoms with Crippen LogP contribution in [0.1, 0.15) is 65.8 Å². The van der Waals surface area contributed by atoms with Crippen LogP contribution in [-0.4, -0.2) is 35.2 Å². The van der Waals surface area contributed by atoms with E-state index in [2.05, 4.69) is 0 Å². The molecule has 0 atom stereocenters. The molecule has 0 saturated heterocycles. The molecule has 168 valence electrons. The van der Waals surface area contributed by atoms with Gasteiger partial charge in [-0.05, 0) is 62.4 Å². The van der Waals surface area contributed by atoms with Crippen molar-refractivity contribution in [2.45, 2.75) is 46.5 Å². The molecule has 2 aromatic rings. The molecule has 2 N–H and O–H groups in total. The number of phenols is 1. The molecule has 2 aromatic carbocycles. The summed E-state index contributed by atoms with van der Waals surface area (Å²) in [5.74, 6) is -1.17. The van der Waals surface area contributed by atoms with Crippen molar-refractivity contribution < 1.29 is 33.7 Å². The van der Waals surface area contributed by atoms with E-state index in [9.17, 15) is 19.1 Å². The fraction of sp³-hybridized carbons (Fsp3) is 0.417. The van der Waals surface area contributed by atoms with E-state index in [1.54, 1.807) is 19.1 Å². The highest BCUT2D eigenvalue weighted by atomic mass is 19.1. The van der Waals surface area contributed by atoms with Crippen LogP contribution in [-0.2, 0) is 0 Å². The average Bonchev–Trinajstić information content (AvgIpc) is 2.70. The summed E-state index contributed by atoms with van der Waals surface area (Å²) >= 11 is 0. The van der Waals surface area contributed by atoms with Crippen LogP contribution in [0.15, 0.2) is 30.3 Å². The lowest BCUT2D eigenvalue weighted by Crippen LogP contribution is -2.06. The number of ether oxygens (including phenoxy) is 2. The summed E-state index contributed by atoms with van der Waals surface area (Å²) in [6, 6.07) is 6.96. The summed E-state index contributed by atoms with van der Waals surface area (Å²) in [6.45, 7) is 6.45. The Bertz CT molecular complexity index is 923. The number of carboxylic acid groups (broad SMARTS) is 1. The quantitative estimate of drug-likeness (QED) is 0.345. The van der Waals surface area contributed by atoms with Gasteiger partial charge in [0.25, 0.3) is 0 Å². The van der Waals surface area contributed by atoms with Crippen LogP contribution in [0.4, 0.5) is 4.39 Å². The van der Waals surface area contributed by atoms with E-state index in [-0.39, 0.29) is 17.5 Å². The average molecular weight is 432 g/mol. The van der Waals surface area contributed by atoms with E-state index in [0.717, 1.165) is 25.3 Å². The minimum atomic E-state index is -1.33. The van der Waals surface area contributed by atoms with E-state index < -0.39 is 17.3 Å². The Kier molecular flexibility index (Phi) is 8.85. The molecule has 0 aliphatic carbocycles. The van der Waals surface area contributed by atoms with Crippen LogP contribution in [0.5, 0.6) is 17.2 Å². The highest BCUT2D eigenvalue weighted by Gasteiger charge is 2.17. The molecule has 0 bridgehead atoms. The number of ketones is 1. The van der Waals surface area contributed by atoms with E-state index in [4.69, 9.17) is 14.6 Å². The smallest absolute Gasteiger partial charge is 0.338 e. The van der Waals surface area contributed by atoms with Crippen LogP contribution in [0, 0.1) is 18.7 Å². The Morgan fingerprint density at radius 3 is 2.32 bits per heavy atom. The first-order valence-electron chi connectivity index (χ1n) is 10.3. The third-order valence-corrected chi connectivity index (χ3v) is 4.76. The zero-order valence-electron chi connectivity index (χ0n) is 18.1. The molecule has 0 spiro atoms. The number of carbonyl (C=O) groups excluding carboxylic acids is 1. The largest absolute Gasteiger partial charge is 0.507 e. The van der Waals surface area contributed by atoms with Crippen molar-refractivity contribution in [1.82, 2.24) is 0 Å². The van der Waals surface area contributed by atoms with E-state index in [0.29, 0.717) is 42.3 Å². The maximum atomic E-state index is 13.4. The third kappa shape index (κ3) is 6.98. The molecule has 7 heteroatoms. The molecule has 0 aliphatic rings. The number of hydrogen-bond acceptors (Lipinski definition) is 5. The van der Waals surface area contributed by atoms with Gasteiger partial charge in [0.05, 0.1) is 24.3 Å². The first-order chi connectivity index (χ1) is 14.7. The Morgan fingerprint density at radius 2 is 1.68 bits per heavy atom. The molecule has 0 saturated carbocycles. The van der Waals surface area contributed by atoms with Gasteiger partial charge in [-0.25, -0.2) is 9.18 Å². The number of rotatable bonds is 12. The Hall–Kier alpha value is -3.09. The number of aromatic carboxylic acids is 1. The van der Waals surface area contributed by atoms with Crippen molar-refractivity contribution in [3.8, 4) is 17.2 Å². The monoisotopic (exact) mass is 432 g/mol. The van der Waals surface area contributed by atoms with Gasteiger partial charge in [0, 0.05) is 12.0 Å². The predicted molar refractivity (Wildman–Crippen MR) is 115 cm³/mol. The van der Waals surface area contributed by atoms with Crippen molar-refractivity contribution >= 4 is 11.8 Å². The molecule has 0 heterocycles. The van der Waals surface area contributed by atoms with Gasteiger partial charge in [-0.3, -0.25) is 4.79 Å². The van der Waals surface area contributed by atoms with Crippen molar-refractivity contribution in [1.29, 1.82) is 0 Å². The van der Waals surface area contributed by atoms with Gasteiger partial charge in [-0.2, -0.15) is 0 Å². The summed E-state index contributed by atoms with van der Waals surface area (Å²) in [7, 11) is 0. The highest BCUT2D eigenvalue weighted by Crippen LogP contribution is 2.32. The zero-order valence-corrected chi connectivity index (χ0v) is 18.1. The standard InChI is InChI=1S/C24H29FO6/c1-15(2)13-21(26)18-8-10-22(16(3)23(18)27)31-12-6-4-5-11-30-17-7-9-20(25)19(14-17)24(28)29/h7-10,14-15,27H,4-6,11-13H2,1-3H3,(H,28,29). The fourth-order valence-corrected chi connectivity index (χ4v) is 3.05. The number of aromatic hydroxyl groups is 1. The maximum Gasteiger partial charge on any atom is 0.338 e. The number of Topliss-reactive ketones (excluding diaryl/α,β-unsaturated/α-hetero) is 1. The van der Waals surface area contributed by atoms with E-state index in [1.165, 1.54) is 12.1 Å². The lowest BCUT2D eigenvalue weighted by Gasteiger charge is -2.13. The molecular formula is C24H29FO6. The molecule has 0 amide bonds. The molecular weight excluding hydrogens is 403 g/mol. The number of hydrogen-bond donors (Lipinski definition) is 2. The highest BCUT2D eigenvalue weighted by molar-refractivity contribution is 5.99.